The highest BCUT2D eigenvalue weighted by molar-refractivity contribution is 6.33. The van der Waals surface area contributed by atoms with Crippen molar-refractivity contribution in [3.8, 4) is 0 Å². The van der Waals surface area contributed by atoms with E-state index in [2.05, 4.69) is 0 Å². The van der Waals surface area contributed by atoms with Crippen LogP contribution in [-0.2, 0) is 0 Å². The predicted octanol–water partition coefficient (Wildman–Crippen LogP) is 3.44. The van der Waals surface area contributed by atoms with Crippen molar-refractivity contribution in [1.82, 2.24) is 0 Å². The molecule has 0 amide bonds. The molecule has 0 radical (unpaired) electrons. The van der Waals surface area contributed by atoms with Crippen LogP contribution in [0.2, 0.25) is 10.0 Å². The van der Waals surface area contributed by atoms with Crippen LogP contribution in [0.25, 0.3) is 0 Å². The van der Waals surface area contributed by atoms with Gasteiger partial charge in [-0.2, -0.15) is 0 Å². The Balaban J connectivity index is 3.34. The summed E-state index contributed by atoms with van der Waals surface area (Å²) in [7, 11) is 0. The standard InChI is InChI=1S/C7H5Cl2F/c1-4-5(8)2-3-6(9)7(4)10/h2-3H,1H3. The van der Waals surface area contributed by atoms with Crippen LogP contribution in [0.4, 0.5) is 4.39 Å². The van der Waals surface area contributed by atoms with Crippen molar-refractivity contribution in [1.29, 1.82) is 0 Å². The maximum Gasteiger partial charge on any atom is 0.146 e. The van der Waals surface area contributed by atoms with Gasteiger partial charge in [-0.25, -0.2) is 4.39 Å². The molecule has 0 aliphatic rings. The lowest BCUT2D eigenvalue weighted by atomic mass is 10.2. The summed E-state index contributed by atoms with van der Waals surface area (Å²) in [5.74, 6) is -0.436. The summed E-state index contributed by atoms with van der Waals surface area (Å²) in [5, 5.41) is 0.517. The van der Waals surface area contributed by atoms with E-state index in [1.54, 1.807) is 13.0 Å². The van der Waals surface area contributed by atoms with Gasteiger partial charge in [0.25, 0.3) is 0 Å². The van der Waals surface area contributed by atoms with Gasteiger partial charge in [0.05, 0.1) is 5.02 Å². The summed E-state index contributed by atoms with van der Waals surface area (Å²) in [5.41, 5.74) is 0.397. The van der Waals surface area contributed by atoms with Gasteiger partial charge >= 0.3 is 0 Å². The van der Waals surface area contributed by atoms with Gasteiger partial charge in [0.1, 0.15) is 5.82 Å². The molecule has 0 saturated heterocycles. The van der Waals surface area contributed by atoms with E-state index < -0.39 is 5.82 Å². The number of hydrogen-bond donors (Lipinski definition) is 0. The van der Waals surface area contributed by atoms with Crippen LogP contribution in [0.3, 0.4) is 0 Å². The molecule has 0 heterocycles. The highest BCUT2D eigenvalue weighted by atomic mass is 35.5. The normalized spacial score (nSPS) is 10.0. The fourth-order valence-electron chi connectivity index (χ4n) is 0.628. The van der Waals surface area contributed by atoms with Gasteiger partial charge < -0.3 is 0 Å². The molecular weight excluding hydrogens is 174 g/mol. The molecule has 0 aliphatic heterocycles. The van der Waals surface area contributed by atoms with Gasteiger partial charge in [-0.3, -0.25) is 0 Å². The van der Waals surface area contributed by atoms with E-state index in [9.17, 15) is 4.39 Å². The van der Waals surface area contributed by atoms with Gasteiger partial charge in [0.2, 0.25) is 0 Å². The minimum Gasteiger partial charge on any atom is -0.205 e. The number of rotatable bonds is 0. The van der Waals surface area contributed by atoms with Gasteiger partial charge in [-0.05, 0) is 19.1 Å². The van der Waals surface area contributed by atoms with E-state index in [0.717, 1.165) is 0 Å². The van der Waals surface area contributed by atoms with Crippen molar-refractivity contribution in [3.05, 3.63) is 33.6 Å². The lowest BCUT2D eigenvalue weighted by Crippen LogP contribution is -1.83. The lowest BCUT2D eigenvalue weighted by molar-refractivity contribution is 0.619. The summed E-state index contributed by atoms with van der Waals surface area (Å²) in [6.07, 6.45) is 0. The van der Waals surface area contributed by atoms with Gasteiger partial charge in [0, 0.05) is 10.6 Å². The topological polar surface area (TPSA) is 0 Å². The molecule has 1 aromatic carbocycles. The van der Waals surface area contributed by atoms with E-state index >= 15 is 0 Å². The molecule has 0 spiro atoms. The van der Waals surface area contributed by atoms with Crippen LogP contribution < -0.4 is 0 Å². The van der Waals surface area contributed by atoms with Crippen molar-refractivity contribution in [3.63, 3.8) is 0 Å². The highest BCUT2D eigenvalue weighted by Crippen LogP contribution is 2.23. The Labute approximate surface area is 68.6 Å². The first-order chi connectivity index (χ1) is 4.63. The molecule has 10 heavy (non-hydrogen) atoms. The third kappa shape index (κ3) is 1.25. The molecule has 1 aromatic rings. The Bertz CT molecular complexity index is 231. The summed E-state index contributed by atoms with van der Waals surface area (Å²) < 4.78 is 12.8. The van der Waals surface area contributed by atoms with E-state index in [1.807, 2.05) is 0 Å². The average molecular weight is 179 g/mol. The van der Waals surface area contributed by atoms with E-state index in [-0.39, 0.29) is 5.02 Å². The molecule has 0 unspecified atom stereocenters. The first-order valence-electron chi connectivity index (χ1n) is 2.73. The molecule has 3 heteroatoms. The van der Waals surface area contributed by atoms with Gasteiger partial charge in [0.15, 0.2) is 0 Å². The summed E-state index contributed by atoms with van der Waals surface area (Å²) in [6, 6.07) is 3.01. The smallest absolute Gasteiger partial charge is 0.146 e. The number of hydrogen-bond acceptors (Lipinski definition) is 0. The van der Waals surface area contributed by atoms with Crippen LogP contribution in [0.1, 0.15) is 5.56 Å². The minimum atomic E-state index is -0.436. The Morgan fingerprint density at radius 2 is 1.70 bits per heavy atom. The SMILES string of the molecule is Cc1c(Cl)ccc(Cl)c1F. The van der Waals surface area contributed by atoms with Crippen LogP contribution >= 0.6 is 23.2 Å². The quantitative estimate of drug-likeness (QED) is 0.535. The second kappa shape index (κ2) is 2.77. The summed E-state index contributed by atoms with van der Waals surface area (Å²) in [6.45, 7) is 1.59. The maximum atomic E-state index is 12.8. The van der Waals surface area contributed by atoms with E-state index in [1.165, 1.54) is 6.07 Å². The minimum absolute atomic E-state index is 0.113. The monoisotopic (exact) mass is 178 g/mol. The molecular formula is C7H5Cl2F. The molecule has 1 rings (SSSR count). The molecule has 0 nitrogen and oxygen atoms in total. The van der Waals surface area contributed by atoms with Crippen LogP contribution in [0.5, 0.6) is 0 Å². The second-order valence-corrected chi connectivity index (χ2v) is 2.78. The van der Waals surface area contributed by atoms with Crippen LogP contribution in [-0.4, -0.2) is 0 Å². The molecule has 0 atom stereocenters. The Hall–Kier alpha value is -0.270. The zero-order chi connectivity index (χ0) is 7.72. The number of benzene rings is 1. The Kier molecular flexibility index (Phi) is 2.17. The third-order valence-electron chi connectivity index (χ3n) is 1.27. The van der Waals surface area contributed by atoms with E-state index in [0.29, 0.717) is 10.6 Å². The summed E-state index contributed by atoms with van der Waals surface area (Å²) >= 11 is 11.0. The fraction of sp³-hybridized carbons (Fsp3) is 0.143. The third-order valence-corrected chi connectivity index (χ3v) is 1.97. The Morgan fingerprint density at radius 1 is 1.20 bits per heavy atom. The van der Waals surface area contributed by atoms with Crippen molar-refractivity contribution in [2.24, 2.45) is 0 Å². The zero-order valence-corrected chi connectivity index (χ0v) is 6.80. The molecule has 0 aliphatic carbocycles. The lowest BCUT2D eigenvalue weighted by Gasteiger charge is -1.99. The molecule has 54 valence electrons. The molecule has 0 aromatic heterocycles. The summed E-state index contributed by atoms with van der Waals surface area (Å²) in [4.78, 5) is 0. The van der Waals surface area contributed by atoms with Crippen LogP contribution in [0, 0.1) is 12.7 Å². The van der Waals surface area contributed by atoms with E-state index in [4.69, 9.17) is 23.2 Å². The molecule has 0 fully saturated rings. The molecule has 0 saturated carbocycles. The Morgan fingerprint density at radius 3 is 2.20 bits per heavy atom. The van der Waals surface area contributed by atoms with Gasteiger partial charge in [-0.1, -0.05) is 23.2 Å². The first-order valence-corrected chi connectivity index (χ1v) is 3.48. The largest absolute Gasteiger partial charge is 0.205 e. The predicted molar refractivity (Wildman–Crippen MR) is 41.2 cm³/mol. The zero-order valence-electron chi connectivity index (χ0n) is 5.29. The van der Waals surface area contributed by atoms with Gasteiger partial charge in [-0.15, -0.1) is 0 Å². The van der Waals surface area contributed by atoms with Crippen molar-refractivity contribution >= 4 is 23.2 Å². The first kappa shape index (κ1) is 7.83. The van der Waals surface area contributed by atoms with Crippen molar-refractivity contribution < 1.29 is 4.39 Å². The second-order valence-electron chi connectivity index (χ2n) is 1.97. The van der Waals surface area contributed by atoms with Crippen LogP contribution in [0.15, 0.2) is 12.1 Å². The highest BCUT2D eigenvalue weighted by Gasteiger charge is 2.04. The average Bonchev–Trinajstić information content (AvgIpc) is 1.93. The maximum absolute atomic E-state index is 12.8. The number of halogens is 3. The van der Waals surface area contributed by atoms with Crippen molar-refractivity contribution in [2.45, 2.75) is 6.92 Å². The van der Waals surface area contributed by atoms with Crippen molar-refractivity contribution in [2.75, 3.05) is 0 Å². The fourth-order valence-corrected chi connectivity index (χ4v) is 0.979. The molecule has 0 N–H and O–H groups in total. The molecule has 0 bridgehead atoms.